The van der Waals surface area contributed by atoms with Crippen LogP contribution in [0.5, 0.6) is 5.75 Å². The van der Waals surface area contributed by atoms with Gasteiger partial charge in [-0.15, -0.1) is 0 Å². The van der Waals surface area contributed by atoms with E-state index in [-0.39, 0.29) is 11.3 Å². The molecule has 4 aromatic rings. The van der Waals surface area contributed by atoms with Crippen LogP contribution in [0.15, 0.2) is 89.7 Å². The molecule has 1 N–H and O–H groups in total. The second kappa shape index (κ2) is 8.15. The molecule has 4 rings (SSSR count). The number of hydrogen-bond donors (Lipinski definition) is 1. The van der Waals surface area contributed by atoms with Crippen LogP contribution in [-0.4, -0.2) is 14.7 Å². The molecule has 1 aromatic heterocycles. The monoisotopic (exact) mass is 382 g/mol. The molecule has 4 nitrogen and oxygen atoms in total. The zero-order valence-corrected chi connectivity index (χ0v) is 16.2. The highest BCUT2D eigenvalue weighted by Gasteiger charge is 2.17. The van der Waals surface area contributed by atoms with E-state index in [0.29, 0.717) is 30.0 Å². The molecule has 0 aliphatic rings. The van der Waals surface area contributed by atoms with Crippen LogP contribution in [0.3, 0.4) is 0 Å². The molecule has 0 bridgehead atoms. The summed E-state index contributed by atoms with van der Waals surface area (Å²) < 4.78 is 1.72. The van der Waals surface area contributed by atoms with Crippen LogP contribution in [0.25, 0.3) is 22.5 Å². The van der Waals surface area contributed by atoms with Gasteiger partial charge in [-0.3, -0.25) is 9.36 Å². The Morgan fingerprint density at radius 3 is 2.21 bits per heavy atom. The lowest BCUT2D eigenvalue weighted by Gasteiger charge is -2.16. The minimum atomic E-state index is -0.0713. The molecule has 1 heterocycles. The van der Waals surface area contributed by atoms with Crippen molar-refractivity contribution in [3.05, 3.63) is 107 Å². The Kier molecular flexibility index (Phi) is 5.25. The third-order valence-electron chi connectivity index (χ3n) is 4.98. The zero-order valence-electron chi connectivity index (χ0n) is 16.2. The van der Waals surface area contributed by atoms with Gasteiger partial charge in [0, 0.05) is 12.1 Å². The molecule has 0 saturated heterocycles. The smallest absolute Gasteiger partial charge is 0.261 e. The minimum Gasteiger partial charge on any atom is -0.508 e. The maximum Gasteiger partial charge on any atom is 0.261 e. The topological polar surface area (TPSA) is 55.1 Å². The van der Waals surface area contributed by atoms with Crippen molar-refractivity contribution in [1.82, 2.24) is 9.55 Å². The first-order valence-corrected chi connectivity index (χ1v) is 9.63. The SMILES string of the molecule is Cc1nc(-c2cccc(O)c2)n(CCc2ccccc2)c(=O)c1-c1ccccc1. The molecule has 0 unspecified atom stereocenters. The molecule has 0 amide bonds. The molecule has 4 heteroatoms. The van der Waals surface area contributed by atoms with Gasteiger partial charge in [0.05, 0.1) is 11.3 Å². The molecule has 0 aliphatic carbocycles. The van der Waals surface area contributed by atoms with Crippen molar-refractivity contribution in [2.24, 2.45) is 0 Å². The van der Waals surface area contributed by atoms with Crippen LogP contribution in [0.4, 0.5) is 0 Å². The van der Waals surface area contributed by atoms with Crippen molar-refractivity contribution in [3.8, 4) is 28.3 Å². The summed E-state index contributed by atoms with van der Waals surface area (Å²) in [6.45, 7) is 2.36. The summed E-state index contributed by atoms with van der Waals surface area (Å²) in [5, 5.41) is 9.93. The number of nitrogens with zero attached hydrogens (tertiary/aromatic N) is 2. The van der Waals surface area contributed by atoms with E-state index in [1.165, 1.54) is 0 Å². The van der Waals surface area contributed by atoms with Crippen LogP contribution in [-0.2, 0) is 13.0 Å². The molecule has 29 heavy (non-hydrogen) atoms. The molecule has 0 saturated carbocycles. The maximum absolute atomic E-state index is 13.6. The van der Waals surface area contributed by atoms with E-state index in [9.17, 15) is 9.90 Å². The van der Waals surface area contributed by atoms with Gasteiger partial charge in [-0.1, -0.05) is 72.8 Å². The highest BCUT2D eigenvalue weighted by atomic mass is 16.3. The predicted molar refractivity (Wildman–Crippen MR) is 116 cm³/mol. The average Bonchev–Trinajstić information content (AvgIpc) is 2.74. The third-order valence-corrected chi connectivity index (χ3v) is 4.98. The van der Waals surface area contributed by atoms with Gasteiger partial charge in [0.25, 0.3) is 5.56 Å². The number of rotatable bonds is 5. The predicted octanol–water partition coefficient (Wildman–Crippen LogP) is 4.83. The number of aromatic hydroxyl groups is 1. The summed E-state index contributed by atoms with van der Waals surface area (Å²) in [5.41, 5.74) is 3.95. The van der Waals surface area contributed by atoms with Crippen LogP contribution < -0.4 is 5.56 Å². The van der Waals surface area contributed by atoms with Crippen LogP contribution in [0.1, 0.15) is 11.3 Å². The fourth-order valence-corrected chi connectivity index (χ4v) is 3.56. The van der Waals surface area contributed by atoms with Gasteiger partial charge in [0.1, 0.15) is 11.6 Å². The molecule has 0 aliphatic heterocycles. The first-order valence-electron chi connectivity index (χ1n) is 9.63. The Bertz CT molecular complexity index is 1180. The quantitative estimate of drug-likeness (QED) is 0.538. The van der Waals surface area contributed by atoms with Gasteiger partial charge in [-0.05, 0) is 36.6 Å². The lowest BCUT2D eigenvalue weighted by molar-refractivity contribution is 0.475. The zero-order chi connectivity index (χ0) is 20.2. The molecule has 0 atom stereocenters. The van der Waals surface area contributed by atoms with Gasteiger partial charge < -0.3 is 5.11 Å². The van der Waals surface area contributed by atoms with Crippen LogP contribution in [0, 0.1) is 6.92 Å². The summed E-state index contributed by atoms with van der Waals surface area (Å²) in [5.74, 6) is 0.718. The minimum absolute atomic E-state index is 0.0713. The Morgan fingerprint density at radius 2 is 1.52 bits per heavy atom. The average molecular weight is 382 g/mol. The maximum atomic E-state index is 13.6. The first-order chi connectivity index (χ1) is 14.1. The summed E-state index contributed by atoms with van der Waals surface area (Å²) in [4.78, 5) is 18.3. The van der Waals surface area contributed by atoms with E-state index < -0.39 is 0 Å². The Balaban J connectivity index is 1.87. The van der Waals surface area contributed by atoms with E-state index in [1.807, 2.05) is 61.5 Å². The Morgan fingerprint density at radius 1 is 0.862 bits per heavy atom. The number of hydrogen-bond acceptors (Lipinski definition) is 3. The number of aromatic nitrogens is 2. The van der Waals surface area contributed by atoms with E-state index in [1.54, 1.807) is 22.8 Å². The third kappa shape index (κ3) is 3.97. The van der Waals surface area contributed by atoms with Crippen molar-refractivity contribution in [3.63, 3.8) is 0 Å². The summed E-state index contributed by atoms with van der Waals surface area (Å²) >= 11 is 0. The second-order valence-corrected chi connectivity index (χ2v) is 7.00. The summed E-state index contributed by atoms with van der Waals surface area (Å²) in [6, 6.07) is 26.6. The van der Waals surface area contributed by atoms with Gasteiger partial charge in [-0.25, -0.2) is 4.98 Å². The van der Waals surface area contributed by atoms with Crippen molar-refractivity contribution < 1.29 is 5.11 Å². The standard InChI is InChI=1S/C25H22N2O2/c1-18-23(20-11-6-3-7-12-20)25(29)27(16-15-19-9-4-2-5-10-19)24(26-18)21-13-8-14-22(28)17-21/h2-14,17,28H,15-16H2,1H3. The normalized spacial score (nSPS) is 10.8. The summed E-state index contributed by atoms with van der Waals surface area (Å²) in [6.07, 6.45) is 0.714. The molecule has 3 aromatic carbocycles. The Hall–Kier alpha value is -3.66. The lowest BCUT2D eigenvalue weighted by atomic mass is 10.0. The van der Waals surface area contributed by atoms with E-state index in [0.717, 1.165) is 16.7 Å². The second-order valence-electron chi connectivity index (χ2n) is 7.00. The fourth-order valence-electron chi connectivity index (χ4n) is 3.56. The highest BCUT2D eigenvalue weighted by molar-refractivity contribution is 5.67. The molecule has 0 fully saturated rings. The van der Waals surface area contributed by atoms with Crippen molar-refractivity contribution >= 4 is 0 Å². The number of aryl methyl sites for hydroxylation is 2. The van der Waals surface area contributed by atoms with Crippen molar-refractivity contribution in [2.45, 2.75) is 19.9 Å². The summed E-state index contributed by atoms with van der Waals surface area (Å²) in [7, 11) is 0. The molecular formula is C25H22N2O2. The van der Waals surface area contributed by atoms with E-state index in [2.05, 4.69) is 12.1 Å². The van der Waals surface area contributed by atoms with Crippen molar-refractivity contribution in [2.75, 3.05) is 0 Å². The highest BCUT2D eigenvalue weighted by Crippen LogP contribution is 2.25. The largest absolute Gasteiger partial charge is 0.508 e. The number of phenolic OH excluding ortho intramolecular Hbond substituents is 1. The molecule has 144 valence electrons. The van der Waals surface area contributed by atoms with Gasteiger partial charge in [0.15, 0.2) is 0 Å². The van der Waals surface area contributed by atoms with E-state index in [4.69, 9.17) is 4.98 Å². The van der Waals surface area contributed by atoms with Crippen molar-refractivity contribution in [1.29, 1.82) is 0 Å². The van der Waals surface area contributed by atoms with E-state index >= 15 is 0 Å². The molecular weight excluding hydrogens is 360 g/mol. The van der Waals surface area contributed by atoms with Gasteiger partial charge in [0.2, 0.25) is 0 Å². The fraction of sp³-hybridized carbons (Fsp3) is 0.120. The molecule has 0 radical (unpaired) electrons. The first kappa shape index (κ1) is 18.7. The number of phenols is 1. The van der Waals surface area contributed by atoms with Crippen LogP contribution in [0.2, 0.25) is 0 Å². The lowest BCUT2D eigenvalue weighted by Crippen LogP contribution is -2.27. The molecule has 0 spiro atoms. The number of benzene rings is 3. The van der Waals surface area contributed by atoms with Gasteiger partial charge in [-0.2, -0.15) is 0 Å². The van der Waals surface area contributed by atoms with Gasteiger partial charge >= 0.3 is 0 Å². The van der Waals surface area contributed by atoms with Crippen LogP contribution >= 0.6 is 0 Å². The Labute approximate surface area is 169 Å².